The highest BCUT2D eigenvalue weighted by Gasteiger charge is 2.05. The topological polar surface area (TPSA) is 64.9 Å². The van der Waals surface area contributed by atoms with Crippen molar-refractivity contribution in [2.45, 2.75) is 0 Å². The molecule has 0 saturated carbocycles. The third-order valence-corrected chi connectivity index (χ3v) is 2.65. The third kappa shape index (κ3) is 4.01. The Morgan fingerprint density at radius 2 is 1.90 bits per heavy atom. The number of carbonyl (C=O) groups is 1. The standard InChI is InChI=1S/C15H11F2N3O/c16-13-5-4-11(7-14(13)17)19-9-15(21)20-12-3-1-2-10(6-12)8-18/h1-7,19H,9H2,(H,20,21). The summed E-state index contributed by atoms with van der Waals surface area (Å²) in [7, 11) is 0. The van der Waals surface area contributed by atoms with E-state index in [1.165, 1.54) is 12.1 Å². The molecule has 0 heterocycles. The number of amides is 1. The van der Waals surface area contributed by atoms with Crippen LogP contribution in [0.25, 0.3) is 0 Å². The molecule has 0 radical (unpaired) electrons. The molecule has 0 saturated heterocycles. The molecule has 0 fully saturated rings. The SMILES string of the molecule is N#Cc1cccc(NC(=O)CNc2ccc(F)c(F)c2)c1. The predicted octanol–water partition coefficient (Wildman–Crippen LogP) is 2.89. The van der Waals surface area contributed by atoms with Gasteiger partial charge in [0.05, 0.1) is 18.2 Å². The highest BCUT2D eigenvalue weighted by Crippen LogP contribution is 2.13. The molecule has 2 rings (SSSR count). The molecule has 21 heavy (non-hydrogen) atoms. The number of carbonyl (C=O) groups excluding carboxylic acids is 1. The molecule has 0 aliphatic rings. The number of nitriles is 1. The first kappa shape index (κ1) is 14.5. The first-order valence-electron chi connectivity index (χ1n) is 6.07. The molecule has 0 bridgehead atoms. The van der Waals surface area contributed by atoms with Gasteiger partial charge < -0.3 is 10.6 Å². The Morgan fingerprint density at radius 1 is 1.10 bits per heavy atom. The fraction of sp³-hybridized carbons (Fsp3) is 0.0667. The van der Waals surface area contributed by atoms with E-state index in [4.69, 9.17) is 5.26 Å². The van der Waals surface area contributed by atoms with E-state index in [1.54, 1.807) is 18.2 Å². The van der Waals surface area contributed by atoms with E-state index in [2.05, 4.69) is 10.6 Å². The van der Waals surface area contributed by atoms with Gasteiger partial charge in [0.2, 0.25) is 5.91 Å². The average Bonchev–Trinajstić information content (AvgIpc) is 2.48. The van der Waals surface area contributed by atoms with Gasteiger partial charge in [-0.05, 0) is 30.3 Å². The summed E-state index contributed by atoms with van der Waals surface area (Å²) in [5.74, 6) is -2.30. The minimum absolute atomic E-state index is 0.109. The lowest BCUT2D eigenvalue weighted by Gasteiger charge is -2.08. The number of nitrogens with zero attached hydrogens (tertiary/aromatic N) is 1. The lowest BCUT2D eigenvalue weighted by Crippen LogP contribution is -2.21. The highest BCUT2D eigenvalue weighted by atomic mass is 19.2. The van der Waals surface area contributed by atoms with Crippen LogP contribution in [0.3, 0.4) is 0 Å². The zero-order valence-electron chi connectivity index (χ0n) is 10.9. The Kier molecular flexibility index (Phi) is 4.46. The number of benzene rings is 2. The molecular weight excluding hydrogens is 276 g/mol. The maximum absolute atomic E-state index is 13.0. The van der Waals surface area contributed by atoms with Gasteiger partial charge in [0.1, 0.15) is 0 Å². The van der Waals surface area contributed by atoms with Gasteiger partial charge in [0, 0.05) is 17.4 Å². The molecule has 0 atom stereocenters. The number of anilines is 2. The molecule has 6 heteroatoms. The van der Waals surface area contributed by atoms with Crippen LogP contribution in [0.2, 0.25) is 0 Å². The van der Waals surface area contributed by atoms with Crippen molar-refractivity contribution in [3.63, 3.8) is 0 Å². The summed E-state index contributed by atoms with van der Waals surface area (Å²) >= 11 is 0. The lowest BCUT2D eigenvalue weighted by molar-refractivity contribution is -0.114. The van der Waals surface area contributed by atoms with E-state index in [0.29, 0.717) is 16.9 Å². The smallest absolute Gasteiger partial charge is 0.243 e. The number of hydrogen-bond acceptors (Lipinski definition) is 3. The summed E-state index contributed by atoms with van der Waals surface area (Å²) in [6.45, 7) is -0.109. The number of halogens is 2. The summed E-state index contributed by atoms with van der Waals surface area (Å²) in [6, 6.07) is 11.7. The predicted molar refractivity (Wildman–Crippen MR) is 74.6 cm³/mol. The first-order chi connectivity index (χ1) is 10.1. The molecule has 0 aliphatic carbocycles. The number of hydrogen-bond donors (Lipinski definition) is 2. The number of rotatable bonds is 4. The van der Waals surface area contributed by atoms with Crippen LogP contribution in [-0.2, 0) is 4.79 Å². The van der Waals surface area contributed by atoms with E-state index < -0.39 is 11.6 Å². The second-order valence-corrected chi connectivity index (χ2v) is 4.22. The number of nitrogens with one attached hydrogen (secondary N) is 2. The van der Waals surface area contributed by atoms with E-state index in [0.717, 1.165) is 12.1 Å². The molecule has 106 valence electrons. The minimum atomic E-state index is -0.984. The van der Waals surface area contributed by atoms with Crippen LogP contribution >= 0.6 is 0 Å². The zero-order valence-corrected chi connectivity index (χ0v) is 10.9. The Morgan fingerprint density at radius 3 is 2.62 bits per heavy atom. The van der Waals surface area contributed by atoms with E-state index in [9.17, 15) is 13.6 Å². The molecule has 0 spiro atoms. The van der Waals surface area contributed by atoms with Crippen LogP contribution in [0, 0.1) is 23.0 Å². The van der Waals surface area contributed by atoms with Gasteiger partial charge in [0.25, 0.3) is 0 Å². The van der Waals surface area contributed by atoms with Gasteiger partial charge in [0.15, 0.2) is 11.6 Å². The van der Waals surface area contributed by atoms with Crippen LogP contribution in [0.4, 0.5) is 20.2 Å². The van der Waals surface area contributed by atoms with Gasteiger partial charge in [-0.1, -0.05) is 6.07 Å². The largest absolute Gasteiger partial charge is 0.376 e. The summed E-state index contributed by atoms with van der Waals surface area (Å²) < 4.78 is 25.7. The molecule has 0 unspecified atom stereocenters. The van der Waals surface area contributed by atoms with Gasteiger partial charge in [-0.3, -0.25) is 4.79 Å². The average molecular weight is 287 g/mol. The van der Waals surface area contributed by atoms with Gasteiger partial charge in [-0.25, -0.2) is 8.78 Å². The second kappa shape index (κ2) is 6.48. The van der Waals surface area contributed by atoms with Crippen LogP contribution in [0.15, 0.2) is 42.5 Å². The van der Waals surface area contributed by atoms with Crippen molar-refractivity contribution in [3.05, 3.63) is 59.7 Å². The van der Waals surface area contributed by atoms with Crippen molar-refractivity contribution in [2.24, 2.45) is 0 Å². The molecule has 0 aromatic heterocycles. The molecule has 1 amide bonds. The molecular formula is C15H11F2N3O. The molecule has 2 aromatic carbocycles. The van der Waals surface area contributed by atoms with Crippen LogP contribution in [-0.4, -0.2) is 12.5 Å². The fourth-order valence-corrected chi connectivity index (χ4v) is 1.66. The van der Waals surface area contributed by atoms with Crippen molar-refractivity contribution in [3.8, 4) is 6.07 Å². The maximum Gasteiger partial charge on any atom is 0.243 e. The third-order valence-electron chi connectivity index (χ3n) is 2.65. The van der Waals surface area contributed by atoms with Crippen molar-refractivity contribution in [1.82, 2.24) is 0 Å². The van der Waals surface area contributed by atoms with E-state index in [1.807, 2.05) is 6.07 Å². The molecule has 0 aliphatic heterocycles. The maximum atomic E-state index is 13.0. The van der Waals surface area contributed by atoms with Gasteiger partial charge in [-0.15, -0.1) is 0 Å². The monoisotopic (exact) mass is 287 g/mol. The normalized spacial score (nSPS) is 9.76. The first-order valence-corrected chi connectivity index (χ1v) is 6.07. The van der Waals surface area contributed by atoms with Crippen LogP contribution in [0.1, 0.15) is 5.56 Å². The van der Waals surface area contributed by atoms with E-state index in [-0.39, 0.29) is 12.5 Å². The lowest BCUT2D eigenvalue weighted by atomic mass is 10.2. The quantitative estimate of drug-likeness (QED) is 0.908. The van der Waals surface area contributed by atoms with Crippen LogP contribution < -0.4 is 10.6 Å². The fourth-order valence-electron chi connectivity index (χ4n) is 1.66. The summed E-state index contributed by atoms with van der Waals surface area (Å²) in [5.41, 5.74) is 1.22. The van der Waals surface area contributed by atoms with Crippen LogP contribution in [0.5, 0.6) is 0 Å². The van der Waals surface area contributed by atoms with Crippen molar-refractivity contribution < 1.29 is 13.6 Å². The Bertz CT molecular complexity index is 710. The highest BCUT2D eigenvalue weighted by molar-refractivity contribution is 5.93. The zero-order chi connectivity index (χ0) is 15.2. The summed E-state index contributed by atoms with van der Waals surface area (Å²) in [6.07, 6.45) is 0. The van der Waals surface area contributed by atoms with Crippen molar-refractivity contribution in [1.29, 1.82) is 5.26 Å². The second-order valence-electron chi connectivity index (χ2n) is 4.22. The van der Waals surface area contributed by atoms with Gasteiger partial charge in [-0.2, -0.15) is 5.26 Å². The Balaban J connectivity index is 1.92. The van der Waals surface area contributed by atoms with E-state index >= 15 is 0 Å². The minimum Gasteiger partial charge on any atom is -0.376 e. The Labute approximate surface area is 120 Å². The summed E-state index contributed by atoms with van der Waals surface area (Å²) in [5, 5.41) is 14.0. The summed E-state index contributed by atoms with van der Waals surface area (Å²) in [4.78, 5) is 11.7. The van der Waals surface area contributed by atoms with Crippen molar-refractivity contribution >= 4 is 17.3 Å². The molecule has 4 nitrogen and oxygen atoms in total. The van der Waals surface area contributed by atoms with Crippen molar-refractivity contribution in [2.75, 3.05) is 17.2 Å². The molecule has 2 N–H and O–H groups in total. The Hall–Kier alpha value is -2.94. The molecule has 2 aromatic rings. The van der Waals surface area contributed by atoms with Gasteiger partial charge >= 0.3 is 0 Å².